The molecule has 0 unspecified atom stereocenters. The van der Waals surface area contributed by atoms with Crippen LogP contribution in [0.2, 0.25) is 5.02 Å². The molecule has 2 saturated heterocycles. The number of hydrogen-bond acceptors (Lipinski definition) is 4. The van der Waals surface area contributed by atoms with E-state index in [1.54, 1.807) is 12.1 Å². The monoisotopic (exact) mass is 413 g/mol. The van der Waals surface area contributed by atoms with Gasteiger partial charge in [-0.3, -0.25) is 14.5 Å². The molecule has 2 amide bonds. The molecule has 3 aliphatic rings. The standard InChI is InChI=1S/C21H20ClN3O2S/c1-12-6-7-13(22)8-18(12)23-19(26)16-9-14-10-28-11-25(14)21(16)15-4-2-3-5-17(15)24-20(21)27/h2-8,14,16H,9-11H2,1H3,(H,23,26)(H,24,27)/t14-,16-,21+/m0/s1. The minimum absolute atomic E-state index is 0.0957. The lowest BCUT2D eigenvalue weighted by atomic mass is 9.79. The van der Waals surface area contributed by atoms with E-state index in [0.29, 0.717) is 17.1 Å². The van der Waals surface area contributed by atoms with Crippen LogP contribution in [0.1, 0.15) is 17.5 Å². The Balaban J connectivity index is 1.58. The molecule has 0 bridgehead atoms. The fraction of sp³-hybridized carbons (Fsp3) is 0.333. The van der Waals surface area contributed by atoms with Gasteiger partial charge in [-0.1, -0.05) is 35.9 Å². The van der Waals surface area contributed by atoms with E-state index >= 15 is 0 Å². The number of para-hydroxylation sites is 1. The van der Waals surface area contributed by atoms with Crippen LogP contribution >= 0.6 is 23.4 Å². The molecular formula is C21H20ClN3O2S. The summed E-state index contributed by atoms with van der Waals surface area (Å²) < 4.78 is 0. The Morgan fingerprint density at radius 3 is 3.00 bits per heavy atom. The summed E-state index contributed by atoms with van der Waals surface area (Å²) >= 11 is 7.94. The van der Waals surface area contributed by atoms with Crippen LogP contribution in [0.25, 0.3) is 0 Å². The number of thioether (sulfide) groups is 1. The molecule has 1 spiro atoms. The molecule has 5 nitrogen and oxygen atoms in total. The first kappa shape index (κ1) is 18.0. The Hall–Kier alpha value is -2.02. The Morgan fingerprint density at radius 1 is 1.32 bits per heavy atom. The second-order valence-electron chi connectivity index (χ2n) is 7.63. The summed E-state index contributed by atoms with van der Waals surface area (Å²) in [5.74, 6) is 1.02. The highest BCUT2D eigenvalue weighted by molar-refractivity contribution is 7.99. The lowest BCUT2D eigenvalue weighted by Crippen LogP contribution is -2.53. The van der Waals surface area contributed by atoms with Crippen molar-refractivity contribution in [2.75, 3.05) is 22.3 Å². The lowest BCUT2D eigenvalue weighted by Gasteiger charge is -2.36. The third-order valence-corrected chi connectivity index (χ3v) is 7.47. The number of nitrogens with one attached hydrogen (secondary N) is 2. The molecule has 0 aromatic heterocycles. The first-order chi connectivity index (χ1) is 13.5. The van der Waals surface area contributed by atoms with Crippen molar-refractivity contribution in [1.29, 1.82) is 0 Å². The van der Waals surface area contributed by atoms with E-state index in [1.165, 1.54) is 0 Å². The number of fused-ring (bicyclic) bond motifs is 4. The number of aryl methyl sites for hydroxylation is 1. The number of carbonyl (C=O) groups is 2. The van der Waals surface area contributed by atoms with Crippen molar-refractivity contribution >= 4 is 46.6 Å². The summed E-state index contributed by atoms with van der Waals surface area (Å²) in [6.45, 7) is 1.93. The minimum Gasteiger partial charge on any atom is -0.325 e. The average Bonchev–Trinajstić information content (AvgIpc) is 3.33. The summed E-state index contributed by atoms with van der Waals surface area (Å²) in [5, 5.41) is 6.64. The molecule has 0 saturated carbocycles. The van der Waals surface area contributed by atoms with Gasteiger partial charge in [0.2, 0.25) is 11.8 Å². The number of halogens is 1. The van der Waals surface area contributed by atoms with Crippen molar-refractivity contribution in [2.24, 2.45) is 5.92 Å². The molecule has 3 aliphatic heterocycles. The average molecular weight is 414 g/mol. The number of carbonyl (C=O) groups excluding carboxylic acids is 2. The fourth-order valence-corrected chi connectivity index (χ4v) is 6.33. The highest BCUT2D eigenvalue weighted by Crippen LogP contribution is 2.55. The van der Waals surface area contributed by atoms with Gasteiger partial charge in [-0.15, -0.1) is 11.8 Å². The number of rotatable bonds is 2. The second-order valence-corrected chi connectivity index (χ2v) is 9.06. The molecule has 2 N–H and O–H groups in total. The van der Waals surface area contributed by atoms with Gasteiger partial charge in [0.25, 0.3) is 0 Å². The molecule has 2 aromatic rings. The van der Waals surface area contributed by atoms with E-state index < -0.39 is 11.5 Å². The highest BCUT2D eigenvalue weighted by atomic mass is 35.5. The van der Waals surface area contributed by atoms with E-state index in [4.69, 9.17) is 11.6 Å². The van der Waals surface area contributed by atoms with E-state index in [0.717, 1.165) is 28.4 Å². The minimum atomic E-state index is -0.943. The molecule has 3 heterocycles. The maximum absolute atomic E-state index is 13.5. The maximum Gasteiger partial charge on any atom is 0.250 e. The summed E-state index contributed by atoms with van der Waals surface area (Å²) in [4.78, 5) is 29.0. The van der Waals surface area contributed by atoms with Crippen molar-refractivity contribution in [3.63, 3.8) is 0 Å². The Morgan fingerprint density at radius 2 is 2.14 bits per heavy atom. The zero-order valence-corrected chi connectivity index (χ0v) is 16.9. The molecule has 144 valence electrons. The molecule has 7 heteroatoms. The van der Waals surface area contributed by atoms with Gasteiger partial charge in [0.05, 0.1) is 5.92 Å². The summed E-state index contributed by atoms with van der Waals surface area (Å²) in [6.07, 6.45) is 0.667. The number of amides is 2. The number of hydrogen-bond donors (Lipinski definition) is 2. The van der Waals surface area contributed by atoms with Crippen molar-refractivity contribution in [3.8, 4) is 0 Å². The van der Waals surface area contributed by atoms with Crippen molar-refractivity contribution in [3.05, 3.63) is 58.6 Å². The third kappa shape index (κ3) is 2.44. The maximum atomic E-state index is 13.5. The molecule has 2 fully saturated rings. The van der Waals surface area contributed by atoms with Crippen molar-refractivity contribution in [1.82, 2.24) is 4.90 Å². The zero-order chi connectivity index (χ0) is 19.5. The predicted octanol–water partition coefficient (Wildman–Crippen LogP) is 3.83. The van der Waals surface area contributed by atoms with Crippen LogP contribution in [0.5, 0.6) is 0 Å². The van der Waals surface area contributed by atoms with Crippen LogP contribution in [0.15, 0.2) is 42.5 Å². The zero-order valence-electron chi connectivity index (χ0n) is 15.4. The molecule has 5 rings (SSSR count). The number of anilines is 2. The molecule has 0 radical (unpaired) electrons. The van der Waals surface area contributed by atoms with E-state index in [9.17, 15) is 9.59 Å². The molecule has 0 aliphatic carbocycles. The second kappa shape index (κ2) is 6.51. The molecule has 2 aromatic carbocycles. The van der Waals surface area contributed by atoms with Crippen LogP contribution < -0.4 is 10.6 Å². The summed E-state index contributed by atoms with van der Waals surface area (Å²) in [6, 6.07) is 13.4. The number of benzene rings is 2. The van der Waals surface area contributed by atoms with Gasteiger partial charge >= 0.3 is 0 Å². The number of nitrogens with zero attached hydrogens (tertiary/aromatic N) is 1. The Labute approximate surface area is 172 Å². The van der Waals surface area contributed by atoms with Gasteiger partial charge in [-0.25, -0.2) is 0 Å². The quantitative estimate of drug-likeness (QED) is 0.785. The van der Waals surface area contributed by atoms with Gasteiger partial charge in [-0.05, 0) is 37.1 Å². The molecule has 3 atom stereocenters. The van der Waals surface area contributed by atoms with Crippen LogP contribution in [-0.4, -0.2) is 34.4 Å². The third-order valence-electron chi connectivity index (χ3n) is 6.15. The topological polar surface area (TPSA) is 61.4 Å². The van der Waals surface area contributed by atoms with Crippen LogP contribution in [0.4, 0.5) is 11.4 Å². The van der Waals surface area contributed by atoms with E-state index in [-0.39, 0.29) is 17.9 Å². The normalized spacial score (nSPS) is 28.3. The van der Waals surface area contributed by atoms with Gasteiger partial charge < -0.3 is 10.6 Å². The lowest BCUT2D eigenvalue weighted by molar-refractivity contribution is -0.134. The van der Waals surface area contributed by atoms with E-state index in [2.05, 4.69) is 15.5 Å². The SMILES string of the molecule is Cc1ccc(Cl)cc1NC(=O)[C@@H]1C[C@H]2CSCN2[C@@]12C(=O)Nc1ccccc12. The predicted molar refractivity (Wildman–Crippen MR) is 113 cm³/mol. The van der Waals surface area contributed by atoms with Crippen LogP contribution in [0.3, 0.4) is 0 Å². The van der Waals surface area contributed by atoms with E-state index in [1.807, 2.05) is 49.0 Å². The fourth-order valence-electron chi connectivity index (χ4n) is 4.85. The smallest absolute Gasteiger partial charge is 0.250 e. The van der Waals surface area contributed by atoms with Gasteiger partial charge in [0.15, 0.2) is 0 Å². The Kier molecular flexibility index (Phi) is 4.19. The van der Waals surface area contributed by atoms with Crippen LogP contribution in [-0.2, 0) is 15.1 Å². The first-order valence-electron chi connectivity index (χ1n) is 9.34. The highest BCUT2D eigenvalue weighted by Gasteiger charge is 2.65. The van der Waals surface area contributed by atoms with Gasteiger partial charge in [0, 0.05) is 39.6 Å². The molecular weight excluding hydrogens is 394 g/mol. The summed E-state index contributed by atoms with van der Waals surface area (Å²) in [7, 11) is 0. The van der Waals surface area contributed by atoms with Crippen LogP contribution in [0, 0.1) is 12.8 Å². The van der Waals surface area contributed by atoms with Gasteiger partial charge in [-0.2, -0.15) is 0 Å². The largest absolute Gasteiger partial charge is 0.325 e. The van der Waals surface area contributed by atoms with Crippen molar-refractivity contribution in [2.45, 2.75) is 24.9 Å². The molecule has 28 heavy (non-hydrogen) atoms. The first-order valence-corrected chi connectivity index (χ1v) is 10.9. The Bertz CT molecular complexity index is 997. The van der Waals surface area contributed by atoms with Gasteiger partial charge in [0.1, 0.15) is 5.54 Å². The summed E-state index contributed by atoms with van der Waals surface area (Å²) in [5.41, 5.74) is 2.41. The van der Waals surface area contributed by atoms with Crippen molar-refractivity contribution < 1.29 is 9.59 Å².